The molecule has 0 atom stereocenters. The topological polar surface area (TPSA) is 46.9 Å². The highest BCUT2D eigenvalue weighted by Crippen LogP contribution is 2.16. The number of hydrogen-bond acceptors (Lipinski definition) is 2. The van der Waals surface area contributed by atoms with Gasteiger partial charge in [0.25, 0.3) is 0 Å². The molecule has 1 amide bonds. The lowest BCUT2D eigenvalue weighted by molar-refractivity contribution is -0.128. The summed E-state index contributed by atoms with van der Waals surface area (Å²) in [6, 6.07) is 0. The molecule has 5 heteroatoms. The van der Waals surface area contributed by atoms with Crippen molar-refractivity contribution in [2.75, 3.05) is 12.4 Å². The van der Waals surface area contributed by atoms with Crippen LogP contribution in [-0.4, -0.2) is 28.1 Å². The van der Waals surface area contributed by atoms with Crippen LogP contribution in [0.2, 0.25) is 0 Å². The molecule has 1 aromatic rings. The van der Waals surface area contributed by atoms with E-state index in [0.717, 1.165) is 5.56 Å². The Morgan fingerprint density at radius 3 is 2.81 bits per heavy atom. The Labute approximate surface area is 101 Å². The van der Waals surface area contributed by atoms with Crippen molar-refractivity contribution in [2.45, 2.75) is 27.3 Å². The highest BCUT2D eigenvalue weighted by atomic mass is 35.5. The van der Waals surface area contributed by atoms with E-state index >= 15 is 0 Å². The van der Waals surface area contributed by atoms with Crippen molar-refractivity contribution in [3.05, 3.63) is 18.0 Å². The molecule has 0 aliphatic carbocycles. The van der Waals surface area contributed by atoms with Gasteiger partial charge in [-0.05, 0) is 26.3 Å². The zero-order valence-electron chi connectivity index (χ0n) is 9.96. The van der Waals surface area contributed by atoms with Crippen molar-refractivity contribution in [3.8, 4) is 0 Å². The average molecular weight is 244 g/mol. The minimum absolute atomic E-state index is 0.0219. The Hall–Kier alpha value is -1.03. The van der Waals surface area contributed by atoms with Crippen LogP contribution in [0.3, 0.4) is 0 Å². The van der Waals surface area contributed by atoms with Gasteiger partial charge in [-0.2, -0.15) is 5.10 Å². The van der Waals surface area contributed by atoms with Crippen LogP contribution in [0.5, 0.6) is 0 Å². The largest absolute Gasteiger partial charge is 0.354 e. The first-order valence-corrected chi connectivity index (χ1v) is 5.82. The van der Waals surface area contributed by atoms with E-state index in [2.05, 4.69) is 10.4 Å². The third kappa shape index (κ3) is 3.52. The predicted molar refractivity (Wildman–Crippen MR) is 64.5 cm³/mol. The first kappa shape index (κ1) is 13.0. The van der Waals surface area contributed by atoms with Gasteiger partial charge in [0.2, 0.25) is 5.91 Å². The van der Waals surface area contributed by atoms with Gasteiger partial charge in [0, 0.05) is 18.6 Å². The molecule has 0 radical (unpaired) electrons. The number of alkyl halides is 1. The molecule has 1 aromatic heterocycles. The lowest BCUT2D eigenvalue weighted by Gasteiger charge is -2.20. The summed E-state index contributed by atoms with van der Waals surface area (Å²) in [5.74, 6) is 0.297. The van der Waals surface area contributed by atoms with E-state index in [4.69, 9.17) is 11.6 Å². The molecule has 1 rings (SSSR count). The molecule has 0 aliphatic rings. The van der Waals surface area contributed by atoms with E-state index < -0.39 is 5.41 Å². The molecule has 0 saturated carbocycles. The summed E-state index contributed by atoms with van der Waals surface area (Å²) < 4.78 is 1.81. The maximum atomic E-state index is 11.7. The number of hydrogen-bond donors (Lipinski definition) is 1. The smallest absolute Gasteiger partial charge is 0.226 e. The van der Waals surface area contributed by atoms with Gasteiger partial charge in [-0.25, -0.2) is 0 Å². The van der Waals surface area contributed by atoms with Crippen LogP contribution in [0, 0.1) is 12.3 Å². The number of aryl methyl sites for hydroxylation is 1. The van der Waals surface area contributed by atoms with Crippen LogP contribution in [-0.2, 0) is 11.3 Å². The molecule has 0 aliphatic heterocycles. The fourth-order valence-electron chi connectivity index (χ4n) is 1.17. The first-order chi connectivity index (χ1) is 7.45. The molecule has 0 bridgehead atoms. The fraction of sp³-hybridized carbons (Fsp3) is 0.636. The van der Waals surface area contributed by atoms with Crippen molar-refractivity contribution in [1.29, 1.82) is 0 Å². The number of rotatable bonds is 5. The van der Waals surface area contributed by atoms with E-state index in [1.54, 1.807) is 6.20 Å². The van der Waals surface area contributed by atoms with Crippen molar-refractivity contribution in [3.63, 3.8) is 0 Å². The van der Waals surface area contributed by atoms with Crippen LogP contribution in [0.25, 0.3) is 0 Å². The highest BCUT2D eigenvalue weighted by Gasteiger charge is 2.25. The van der Waals surface area contributed by atoms with Gasteiger partial charge in [0.15, 0.2) is 0 Å². The molecule has 0 unspecified atom stereocenters. The summed E-state index contributed by atoms with van der Waals surface area (Å²) in [5.41, 5.74) is 0.606. The standard InChI is InChI=1S/C11H18ClN3O/c1-9-6-14-15(7-9)5-4-13-10(16)11(2,3)8-12/h6-7H,4-5,8H2,1-3H3,(H,13,16). The quantitative estimate of drug-likeness (QED) is 0.798. The molecule has 0 aromatic carbocycles. The third-order valence-electron chi connectivity index (χ3n) is 2.34. The summed E-state index contributed by atoms with van der Waals surface area (Å²) in [6.07, 6.45) is 3.74. The van der Waals surface area contributed by atoms with Gasteiger partial charge in [-0.1, -0.05) is 0 Å². The lowest BCUT2D eigenvalue weighted by atomic mass is 9.95. The van der Waals surface area contributed by atoms with Gasteiger partial charge >= 0.3 is 0 Å². The summed E-state index contributed by atoms with van der Waals surface area (Å²) >= 11 is 5.71. The summed E-state index contributed by atoms with van der Waals surface area (Å²) in [4.78, 5) is 11.7. The van der Waals surface area contributed by atoms with E-state index in [1.165, 1.54) is 0 Å². The van der Waals surface area contributed by atoms with E-state index in [0.29, 0.717) is 19.0 Å². The first-order valence-electron chi connectivity index (χ1n) is 5.29. The molecule has 0 fully saturated rings. The number of nitrogens with one attached hydrogen (secondary N) is 1. The van der Waals surface area contributed by atoms with Crippen LogP contribution in [0.15, 0.2) is 12.4 Å². The molecule has 1 N–H and O–H groups in total. The zero-order chi connectivity index (χ0) is 12.2. The Morgan fingerprint density at radius 2 is 2.31 bits per heavy atom. The number of amides is 1. The van der Waals surface area contributed by atoms with Crippen molar-refractivity contribution >= 4 is 17.5 Å². The maximum Gasteiger partial charge on any atom is 0.226 e. The summed E-state index contributed by atoms with van der Waals surface area (Å²) in [6.45, 7) is 6.89. The van der Waals surface area contributed by atoms with Crippen molar-refractivity contribution in [2.24, 2.45) is 5.41 Å². The fourth-order valence-corrected chi connectivity index (χ4v) is 1.29. The maximum absolute atomic E-state index is 11.7. The van der Waals surface area contributed by atoms with E-state index in [1.807, 2.05) is 31.6 Å². The van der Waals surface area contributed by atoms with Gasteiger partial charge in [-0.15, -0.1) is 11.6 Å². The second kappa shape index (κ2) is 5.34. The third-order valence-corrected chi connectivity index (χ3v) is 3.01. The van der Waals surface area contributed by atoms with Gasteiger partial charge in [-0.3, -0.25) is 9.48 Å². The predicted octanol–water partition coefficient (Wildman–Crippen LogP) is 1.57. The van der Waals surface area contributed by atoms with Crippen LogP contribution in [0.4, 0.5) is 0 Å². The van der Waals surface area contributed by atoms with Crippen LogP contribution < -0.4 is 5.32 Å². The van der Waals surface area contributed by atoms with E-state index in [9.17, 15) is 4.79 Å². The zero-order valence-corrected chi connectivity index (χ0v) is 10.7. The number of nitrogens with zero attached hydrogens (tertiary/aromatic N) is 2. The second-order valence-electron chi connectivity index (χ2n) is 4.55. The molecule has 0 saturated heterocycles. The van der Waals surface area contributed by atoms with Crippen molar-refractivity contribution < 1.29 is 4.79 Å². The number of carbonyl (C=O) groups excluding carboxylic acids is 1. The van der Waals surface area contributed by atoms with Gasteiger partial charge < -0.3 is 5.32 Å². The lowest BCUT2D eigenvalue weighted by Crippen LogP contribution is -2.39. The Kier molecular flexibility index (Phi) is 4.35. The molecule has 1 heterocycles. The Balaban J connectivity index is 2.33. The van der Waals surface area contributed by atoms with E-state index in [-0.39, 0.29) is 5.91 Å². The molecule has 0 spiro atoms. The molecular formula is C11H18ClN3O. The molecule has 90 valence electrons. The summed E-state index contributed by atoms with van der Waals surface area (Å²) in [7, 11) is 0. The Morgan fingerprint density at radius 1 is 1.62 bits per heavy atom. The Bertz CT molecular complexity index is 360. The average Bonchev–Trinajstić information content (AvgIpc) is 2.64. The van der Waals surface area contributed by atoms with Crippen LogP contribution >= 0.6 is 11.6 Å². The normalized spacial score (nSPS) is 11.5. The number of halogens is 1. The minimum atomic E-state index is -0.512. The minimum Gasteiger partial charge on any atom is -0.354 e. The second-order valence-corrected chi connectivity index (χ2v) is 4.82. The van der Waals surface area contributed by atoms with Crippen LogP contribution in [0.1, 0.15) is 19.4 Å². The van der Waals surface area contributed by atoms with Crippen molar-refractivity contribution in [1.82, 2.24) is 15.1 Å². The number of aromatic nitrogens is 2. The van der Waals surface area contributed by atoms with Gasteiger partial charge in [0.05, 0.1) is 18.2 Å². The summed E-state index contributed by atoms with van der Waals surface area (Å²) in [5, 5.41) is 6.98. The molecular weight excluding hydrogens is 226 g/mol. The van der Waals surface area contributed by atoms with Gasteiger partial charge in [0.1, 0.15) is 0 Å². The molecule has 16 heavy (non-hydrogen) atoms. The molecule has 4 nitrogen and oxygen atoms in total. The monoisotopic (exact) mass is 243 g/mol. The highest BCUT2D eigenvalue weighted by molar-refractivity contribution is 6.19. The number of carbonyl (C=O) groups is 1. The SMILES string of the molecule is Cc1cnn(CCNC(=O)C(C)(C)CCl)c1.